The van der Waals surface area contributed by atoms with Crippen molar-refractivity contribution in [2.45, 2.75) is 101 Å². The minimum atomic E-state index is -3.61. The molecule has 2 aromatic carbocycles. The largest absolute Gasteiger partial charge is 0.454 e. The number of amides is 2. The average molecular weight is 750 g/mol. The van der Waals surface area contributed by atoms with Gasteiger partial charge in [0.15, 0.2) is 32.9 Å². The Hall–Kier alpha value is -4.46. The number of anilines is 1. The van der Waals surface area contributed by atoms with Gasteiger partial charge in [0, 0.05) is 37.0 Å². The van der Waals surface area contributed by atoms with E-state index >= 15 is 0 Å². The number of carbonyl (C=O) groups is 4. The number of carbonyl (C=O) groups excluding carboxylic acids is 4. The summed E-state index contributed by atoms with van der Waals surface area (Å²) < 4.78 is 57.0. The van der Waals surface area contributed by atoms with Crippen LogP contribution in [0.3, 0.4) is 0 Å². The highest BCUT2D eigenvalue weighted by molar-refractivity contribution is 7.93. The third-order valence-electron chi connectivity index (χ3n) is 11.6. The predicted octanol–water partition coefficient (Wildman–Crippen LogP) is 5.09. The van der Waals surface area contributed by atoms with Crippen LogP contribution < -0.4 is 14.8 Å². The topological polar surface area (TPSA) is 149 Å². The summed E-state index contributed by atoms with van der Waals surface area (Å²) in [7, 11) is -3.61. The third kappa shape index (κ3) is 7.39. The Balaban J connectivity index is 1.04. The van der Waals surface area contributed by atoms with Crippen LogP contribution in [0.2, 0.25) is 0 Å². The second-order valence-corrected chi connectivity index (χ2v) is 17.7. The number of rotatable bonds is 7. The van der Waals surface area contributed by atoms with Gasteiger partial charge in [-0.05, 0) is 85.9 Å². The van der Waals surface area contributed by atoms with E-state index in [1.165, 1.54) is 17.0 Å². The van der Waals surface area contributed by atoms with Crippen LogP contribution in [0.25, 0.3) is 0 Å². The van der Waals surface area contributed by atoms with E-state index in [0.29, 0.717) is 62.4 Å². The van der Waals surface area contributed by atoms with E-state index in [-0.39, 0.29) is 43.8 Å². The fourth-order valence-electron chi connectivity index (χ4n) is 8.36. The number of nitrogens with zero attached hydrogens (tertiary/aromatic N) is 2. The van der Waals surface area contributed by atoms with E-state index in [1.54, 1.807) is 17.0 Å². The Bertz CT molecular complexity index is 1930. The SMILES string of the molecule is O=C1C[C@]2(C(=O)CS(=O)(=O)C3CC3)C[C@H]2/C=C\CCCCC[C@H](Nc2cccc(F)c2)C(=O)N2C[C@H](OC(=O)N3Cc4cc5c(cc4C3)OCO5)C[C@@H]12. The van der Waals surface area contributed by atoms with Gasteiger partial charge in [-0.15, -0.1) is 0 Å². The highest BCUT2D eigenvalue weighted by Gasteiger charge is 2.61. The van der Waals surface area contributed by atoms with Gasteiger partial charge in [0.1, 0.15) is 23.7 Å². The number of benzene rings is 2. The summed E-state index contributed by atoms with van der Waals surface area (Å²) in [6.07, 6.45) is 7.35. The summed E-state index contributed by atoms with van der Waals surface area (Å²) in [5.74, 6) is -1.29. The highest BCUT2D eigenvalue weighted by Crippen LogP contribution is 2.58. The first-order valence-corrected chi connectivity index (χ1v) is 20.3. The molecular formula is C39H44FN3O9S. The summed E-state index contributed by atoms with van der Waals surface area (Å²) in [4.78, 5) is 59.3. The Morgan fingerprint density at radius 1 is 1.00 bits per heavy atom. The quantitative estimate of drug-likeness (QED) is 0.380. The molecule has 53 heavy (non-hydrogen) atoms. The van der Waals surface area contributed by atoms with Gasteiger partial charge < -0.3 is 24.4 Å². The Morgan fingerprint density at radius 2 is 1.75 bits per heavy atom. The van der Waals surface area contributed by atoms with Crippen LogP contribution in [0.15, 0.2) is 48.6 Å². The van der Waals surface area contributed by atoms with Crippen LogP contribution in [0, 0.1) is 17.2 Å². The lowest BCUT2D eigenvalue weighted by molar-refractivity contribution is -0.139. The highest BCUT2D eigenvalue weighted by atomic mass is 32.2. The van der Waals surface area contributed by atoms with E-state index in [9.17, 15) is 32.0 Å². The molecule has 0 bridgehead atoms. The van der Waals surface area contributed by atoms with Crippen LogP contribution in [-0.4, -0.2) is 84.3 Å². The van der Waals surface area contributed by atoms with Gasteiger partial charge in [0.2, 0.25) is 12.7 Å². The zero-order chi connectivity index (χ0) is 36.9. The molecule has 2 amide bonds. The van der Waals surface area contributed by atoms with Crippen molar-refractivity contribution in [1.29, 1.82) is 0 Å². The minimum absolute atomic E-state index is 0.0327. The molecule has 0 aromatic heterocycles. The van der Waals surface area contributed by atoms with Crippen LogP contribution in [0.4, 0.5) is 14.9 Å². The van der Waals surface area contributed by atoms with Crippen LogP contribution in [0.1, 0.15) is 75.3 Å². The van der Waals surface area contributed by atoms with Crippen molar-refractivity contribution in [3.8, 4) is 11.5 Å². The first-order valence-electron chi connectivity index (χ1n) is 18.6. The van der Waals surface area contributed by atoms with Crippen molar-refractivity contribution < 1.29 is 46.2 Å². The molecule has 5 atom stereocenters. The number of fused-ring (bicyclic) bond motifs is 4. The molecule has 282 valence electrons. The molecule has 2 aromatic rings. The maximum atomic E-state index is 14.5. The fourth-order valence-corrected chi connectivity index (χ4v) is 10.1. The van der Waals surface area contributed by atoms with E-state index in [0.717, 1.165) is 30.4 Å². The molecule has 6 aliphatic rings. The van der Waals surface area contributed by atoms with Gasteiger partial charge in [0.05, 0.1) is 17.8 Å². The number of allylic oxidation sites excluding steroid dienone is 2. The summed E-state index contributed by atoms with van der Waals surface area (Å²) in [5, 5.41) is 2.69. The van der Waals surface area contributed by atoms with E-state index in [4.69, 9.17) is 14.2 Å². The standard InChI is InChI=1S/C39H44FN3O9S/c40-27-8-6-9-28(15-27)41-31-10-5-3-1-2-4-7-26-17-39(26,36(45)22-53(48,49)30-11-12-30)18-33(44)32-16-29(21-43(32)37(31)46)52-38(47)42-19-24-13-34-35(51-23-50-34)14-25(24)20-42/h4,6-9,13-15,26,29-32,41H,1-3,5,10-12,16-23H2/b7-4-/t26-,29-,31+,32+,39-/m1/s1. The van der Waals surface area contributed by atoms with E-state index < -0.39 is 62.1 Å². The van der Waals surface area contributed by atoms with Crippen LogP contribution in [-0.2, 0) is 42.0 Å². The minimum Gasteiger partial charge on any atom is -0.454 e. The van der Waals surface area contributed by atoms with Gasteiger partial charge >= 0.3 is 6.09 Å². The maximum absolute atomic E-state index is 14.5. The molecule has 4 heterocycles. The van der Waals surface area contributed by atoms with Crippen molar-refractivity contribution in [3.63, 3.8) is 0 Å². The molecule has 3 fully saturated rings. The number of Topliss-reactive ketones (excluding diaryl/α,β-unsaturated/α-hetero) is 2. The first-order chi connectivity index (χ1) is 25.5. The summed E-state index contributed by atoms with van der Waals surface area (Å²) in [6, 6.07) is 7.75. The number of sulfone groups is 1. The molecule has 2 saturated carbocycles. The summed E-state index contributed by atoms with van der Waals surface area (Å²) in [6.45, 7) is 0.696. The van der Waals surface area contributed by atoms with E-state index in [1.807, 2.05) is 24.3 Å². The Labute approximate surface area is 307 Å². The number of ether oxygens (including phenoxy) is 3. The third-order valence-corrected chi connectivity index (χ3v) is 13.8. The van der Waals surface area contributed by atoms with Gasteiger partial charge in [0.25, 0.3) is 0 Å². The maximum Gasteiger partial charge on any atom is 0.410 e. The van der Waals surface area contributed by atoms with Crippen molar-refractivity contribution >= 4 is 39.1 Å². The van der Waals surface area contributed by atoms with Gasteiger partial charge in [-0.25, -0.2) is 17.6 Å². The fraction of sp³-hybridized carbons (Fsp3) is 0.538. The molecule has 12 nitrogen and oxygen atoms in total. The Morgan fingerprint density at radius 3 is 2.47 bits per heavy atom. The molecule has 8 rings (SSSR count). The van der Waals surface area contributed by atoms with Crippen molar-refractivity contribution in [3.05, 3.63) is 65.5 Å². The summed E-state index contributed by atoms with van der Waals surface area (Å²) >= 11 is 0. The average Bonchev–Trinajstić information content (AvgIpc) is 3.94. The molecular weight excluding hydrogens is 706 g/mol. The van der Waals surface area contributed by atoms with Crippen molar-refractivity contribution in [2.75, 3.05) is 24.4 Å². The monoisotopic (exact) mass is 749 g/mol. The number of halogens is 1. The van der Waals surface area contributed by atoms with Crippen molar-refractivity contribution in [2.24, 2.45) is 11.3 Å². The smallest absolute Gasteiger partial charge is 0.410 e. The predicted molar refractivity (Wildman–Crippen MR) is 190 cm³/mol. The zero-order valence-electron chi connectivity index (χ0n) is 29.5. The zero-order valence-corrected chi connectivity index (χ0v) is 30.3. The van der Waals surface area contributed by atoms with Gasteiger partial charge in [-0.2, -0.15) is 0 Å². The number of nitrogens with one attached hydrogen (secondary N) is 1. The number of hydrogen-bond donors (Lipinski definition) is 1. The number of hydrogen-bond acceptors (Lipinski definition) is 10. The second kappa shape index (κ2) is 14.1. The molecule has 4 aliphatic heterocycles. The van der Waals surface area contributed by atoms with Crippen LogP contribution >= 0.6 is 0 Å². The second-order valence-electron chi connectivity index (χ2n) is 15.4. The molecule has 14 heteroatoms. The lowest BCUT2D eigenvalue weighted by atomic mass is 9.88. The van der Waals surface area contributed by atoms with Gasteiger partial charge in [-0.1, -0.05) is 31.1 Å². The normalized spacial score (nSPS) is 29.0. The molecule has 1 N–H and O–H groups in total. The van der Waals surface area contributed by atoms with Gasteiger partial charge in [-0.3, -0.25) is 19.3 Å². The first kappa shape index (κ1) is 35.6. The Kier molecular flexibility index (Phi) is 9.44. The molecule has 1 saturated heterocycles. The molecule has 0 radical (unpaired) electrons. The number of ketones is 2. The lowest BCUT2D eigenvalue weighted by Crippen LogP contribution is -2.49. The van der Waals surface area contributed by atoms with E-state index in [2.05, 4.69) is 5.32 Å². The molecule has 0 spiro atoms. The van der Waals surface area contributed by atoms with Crippen molar-refractivity contribution in [1.82, 2.24) is 9.80 Å². The lowest BCUT2D eigenvalue weighted by Gasteiger charge is -2.30. The van der Waals surface area contributed by atoms with Crippen LogP contribution in [0.5, 0.6) is 11.5 Å². The molecule has 2 aliphatic carbocycles. The summed E-state index contributed by atoms with van der Waals surface area (Å²) in [5.41, 5.74) is 1.09. The molecule has 0 unspecified atom stereocenters.